The third kappa shape index (κ3) is 7.07. The van der Waals surface area contributed by atoms with Crippen molar-refractivity contribution in [3.05, 3.63) is 35.4 Å². The monoisotopic (exact) mass is 250 g/mol. The zero-order chi connectivity index (χ0) is 14.0. The summed E-state index contributed by atoms with van der Waals surface area (Å²) in [4.78, 5) is 11.6. The maximum absolute atomic E-state index is 11.6. The molecule has 1 rings (SSSR count). The Balaban J connectivity index is 0.00000137. The van der Waals surface area contributed by atoms with Crippen LogP contribution in [0.2, 0.25) is 0 Å². The Morgan fingerprint density at radius 2 is 1.72 bits per heavy atom. The van der Waals surface area contributed by atoms with Crippen molar-refractivity contribution in [2.45, 2.75) is 41.0 Å². The van der Waals surface area contributed by atoms with Gasteiger partial charge in [-0.2, -0.15) is 0 Å². The van der Waals surface area contributed by atoms with Gasteiger partial charge in [-0.25, -0.2) is 5.43 Å². The van der Waals surface area contributed by atoms with E-state index in [4.69, 9.17) is 0 Å². The first-order valence-electron chi connectivity index (χ1n) is 6.69. The molecule has 1 aromatic rings. The van der Waals surface area contributed by atoms with Gasteiger partial charge in [0.1, 0.15) is 0 Å². The zero-order valence-electron chi connectivity index (χ0n) is 12.2. The molecule has 3 heteroatoms. The van der Waals surface area contributed by atoms with Gasteiger partial charge in [-0.05, 0) is 31.4 Å². The minimum atomic E-state index is -0.0799. The van der Waals surface area contributed by atoms with Gasteiger partial charge in [-0.1, -0.05) is 45.4 Å². The highest BCUT2D eigenvalue weighted by Gasteiger charge is 2.03. The third-order valence-corrected chi connectivity index (χ3v) is 2.36. The molecule has 0 aromatic heterocycles. The van der Waals surface area contributed by atoms with Crippen molar-refractivity contribution in [1.82, 2.24) is 10.9 Å². The van der Waals surface area contributed by atoms with Gasteiger partial charge in [-0.3, -0.25) is 10.2 Å². The van der Waals surface area contributed by atoms with E-state index in [0.29, 0.717) is 11.5 Å². The van der Waals surface area contributed by atoms with Gasteiger partial charge in [0.15, 0.2) is 0 Å². The van der Waals surface area contributed by atoms with Crippen LogP contribution in [0.15, 0.2) is 24.3 Å². The van der Waals surface area contributed by atoms with Gasteiger partial charge in [0, 0.05) is 12.1 Å². The molecule has 0 aliphatic heterocycles. The second-order valence-corrected chi connectivity index (χ2v) is 4.43. The van der Waals surface area contributed by atoms with Gasteiger partial charge < -0.3 is 0 Å². The maximum atomic E-state index is 11.6. The summed E-state index contributed by atoms with van der Waals surface area (Å²) in [6, 6.07) is 7.52. The molecule has 0 saturated heterocycles. The van der Waals surface area contributed by atoms with Gasteiger partial charge >= 0.3 is 0 Å². The fourth-order valence-corrected chi connectivity index (χ4v) is 1.28. The summed E-state index contributed by atoms with van der Waals surface area (Å²) in [6.07, 6.45) is 1.05. The minimum Gasteiger partial charge on any atom is -0.287 e. The predicted molar refractivity (Wildman–Crippen MR) is 77.5 cm³/mol. The molecule has 0 spiro atoms. The van der Waals surface area contributed by atoms with Crippen LogP contribution in [0, 0.1) is 12.8 Å². The second-order valence-electron chi connectivity index (χ2n) is 4.43. The molecule has 0 saturated carbocycles. The lowest BCUT2D eigenvalue weighted by Gasteiger charge is -2.08. The van der Waals surface area contributed by atoms with Gasteiger partial charge in [0.05, 0.1) is 0 Å². The fourth-order valence-electron chi connectivity index (χ4n) is 1.28. The van der Waals surface area contributed by atoms with E-state index in [1.54, 1.807) is 0 Å². The average Bonchev–Trinajstić information content (AvgIpc) is 2.37. The van der Waals surface area contributed by atoms with E-state index in [0.717, 1.165) is 18.5 Å². The van der Waals surface area contributed by atoms with Crippen LogP contribution in [0.3, 0.4) is 0 Å². The summed E-state index contributed by atoms with van der Waals surface area (Å²) < 4.78 is 0. The van der Waals surface area contributed by atoms with E-state index < -0.39 is 0 Å². The Labute approximate surface area is 111 Å². The lowest BCUT2D eigenvalue weighted by molar-refractivity contribution is 0.0932. The number of hydrogen-bond acceptors (Lipinski definition) is 2. The zero-order valence-corrected chi connectivity index (χ0v) is 12.2. The van der Waals surface area contributed by atoms with E-state index in [1.165, 1.54) is 0 Å². The maximum Gasteiger partial charge on any atom is 0.265 e. The molecule has 0 atom stereocenters. The van der Waals surface area contributed by atoms with Crippen molar-refractivity contribution in [2.75, 3.05) is 6.54 Å². The van der Waals surface area contributed by atoms with E-state index >= 15 is 0 Å². The van der Waals surface area contributed by atoms with E-state index in [-0.39, 0.29) is 5.91 Å². The van der Waals surface area contributed by atoms with E-state index in [1.807, 2.05) is 45.0 Å². The van der Waals surface area contributed by atoms with Crippen molar-refractivity contribution < 1.29 is 4.79 Å². The van der Waals surface area contributed by atoms with Crippen LogP contribution in [-0.4, -0.2) is 12.5 Å². The molecule has 1 amide bonds. The van der Waals surface area contributed by atoms with Crippen molar-refractivity contribution in [3.63, 3.8) is 0 Å². The Bertz CT molecular complexity index is 331. The summed E-state index contributed by atoms with van der Waals surface area (Å²) in [5.74, 6) is 0.563. The number of carbonyl (C=O) groups excluding carboxylic acids is 1. The van der Waals surface area contributed by atoms with Crippen LogP contribution in [0.1, 0.15) is 50.0 Å². The number of nitrogens with one attached hydrogen (secondary N) is 2. The second kappa shape index (κ2) is 9.66. The molecular formula is C15H26N2O. The first-order chi connectivity index (χ1) is 8.59. The summed E-state index contributed by atoms with van der Waals surface area (Å²) in [5, 5.41) is 0. The Morgan fingerprint density at radius 3 is 2.22 bits per heavy atom. The summed E-state index contributed by atoms with van der Waals surface area (Å²) in [7, 11) is 0. The summed E-state index contributed by atoms with van der Waals surface area (Å²) in [6.45, 7) is 11.1. The molecule has 0 unspecified atom stereocenters. The van der Waals surface area contributed by atoms with Crippen LogP contribution < -0.4 is 10.9 Å². The average molecular weight is 250 g/mol. The molecule has 0 aliphatic carbocycles. The van der Waals surface area contributed by atoms with Gasteiger partial charge in [0.2, 0.25) is 0 Å². The quantitative estimate of drug-likeness (QED) is 0.622. The molecule has 0 fully saturated rings. The molecule has 3 nitrogen and oxygen atoms in total. The smallest absolute Gasteiger partial charge is 0.265 e. The molecule has 1 aromatic carbocycles. The molecule has 0 aliphatic rings. The van der Waals surface area contributed by atoms with Crippen molar-refractivity contribution >= 4 is 5.91 Å². The molecule has 0 radical (unpaired) electrons. The highest BCUT2D eigenvalue weighted by Crippen LogP contribution is 2.02. The van der Waals surface area contributed by atoms with Gasteiger partial charge in [0.25, 0.3) is 5.91 Å². The third-order valence-electron chi connectivity index (χ3n) is 2.36. The molecule has 102 valence electrons. The highest BCUT2D eigenvalue weighted by atomic mass is 16.2. The molecule has 2 N–H and O–H groups in total. The van der Waals surface area contributed by atoms with Crippen LogP contribution in [0.5, 0.6) is 0 Å². The molecule has 18 heavy (non-hydrogen) atoms. The Kier molecular flexibility index (Phi) is 8.93. The standard InChI is InChI=1S/C13H20N2O.C2H6/c1-10(2)8-9-14-15-13(16)12-6-4-11(3)5-7-12;1-2/h4-7,10,14H,8-9H2,1-3H3,(H,15,16);1-2H3. The fraction of sp³-hybridized carbons (Fsp3) is 0.533. The molecular weight excluding hydrogens is 224 g/mol. The van der Waals surface area contributed by atoms with Crippen molar-refractivity contribution in [2.24, 2.45) is 5.92 Å². The first-order valence-corrected chi connectivity index (χ1v) is 6.69. The summed E-state index contributed by atoms with van der Waals surface area (Å²) >= 11 is 0. The number of aryl methyl sites for hydroxylation is 1. The number of rotatable bonds is 5. The van der Waals surface area contributed by atoms with Crippen LogP contribution in [-0.2, 0) is 0 Å². The Morgan fingerprint density at radius 1 is 1.17 bits per heavy atom. The number of hydrazine groups is 1. The van der Waals surface area contributed by atoms with Gasteiger partial charge in [-0.15, -0.1) is 0 Å². The lowest BCUT2D eigenvalue weighted by Crippen LogP contribution is -2.38. The molecule has 0 bridgehead atoms. The number of carbonyl (C=O) groups is 1. The highest BCUT2D eigenvalue weighted by molar-refractivity contribution is 5.93. The minimum absolute atomic E-state index is 0.0799. The van der Waals surface area contributed by atoms with Crippen molar-refractivity contribution in [3.8, 4) is 0 Å². The lowest BCUT2D eigenvalue weighted by atomic mass is 10.1. The summed E-state index contributed by atoms with van der Waals surface area (Å²) in [5.41, 5.74) is 7.45. The van der Waals surface area contributed by atoms with E-state index in [2.05, 4.69) is 24.7 Å². The predicted octanol–water partition coefficient (Wildman–Crippen LogP) is 3.30. The van der Waals surface area contributed by atoms with E-state index in [9.17, 15) is 4.79 Å². The van der Waals surface area contributed by atoms with Crippen LogP contribution in [0.25, 0.3) is 0 Å². The largest absolute Gasteiger partial charge is 0.287 e. The molecule has 0 heterocycles. The van der Waals surface area contributed by atoms with Crippen LogP contribution >= 0.6 is 0 Å². The number of hydrogen-bond donors (Lipinski definition) is 2. The number of benzene rings is 1. The van der Waals surface area contributed by atoms with Crippen LogP contribution in [0.4, 0.5) is 0 Å². The Hall–Kier alpha value is -1.35. The topological polar surface area (TPSA) is 41.1 Å². The SMILES string of the molecule is CC.Cc1ccc(C(=O)NNCCC(C)C)cc1. The normalized spacial score (nSPS) is 9.67. The number of amides is 1. The van der Waals surface area contributed by atoms with Crippen molar-refractivity contribution in [1.29, 1.82) is 0 Å². The first kappa shape index (κ1) is 16.6.